The summed E-state index contributed by atoms with van der Waals surface area (Å²) in [7, 11) is 0. The molecule has 2 aromatic heterocycles. The zero-order valence-corrected chi connectivity index (χ0v) is 15.2. The average Bonchev–Trinajstić information content (AvgIpc) is 3.14. The Labute approximate surface area is 167 Å². The number of nitrogens with two attached hydrogens (primary N) is 1. The number of aromatic nitrogens is 4. The lowest BCUT2D eigenvalue weighted by atomic mass is 10.2. The van der Waals surface area contributed by atoms with Crippen LogP contribution in [-0.2, 0) is 6.18 Å². The van der Waals surface area contributed by atoms with Crippen molar-refractivity contribution in [3.63, 3.8) is 0 Å². The molecule has 2 amide bonds. The molecule has 0 aliphatic heterocycles. The molecule has 4 aromatic rings. The van der Waals surface area contributed by atoms with Crippen LogP contribution in [0, 0.1) is 0 Å². The number of carbonyl (C=O) groups excluding carboxylic acids is 1. The van der Waals surface area contributed by atoms with E-state index in [4.69, 9.17) is 5.73 Å². The van der Waals surface area contributed by atoms with Crippen molar-refractivity contribution < 1.29 is 18.0 Å². The number of alkyl halides is 3. The second kappa shape index (κ2) is 7.35. The van der Waals surface area contributed by atoms with Crippen LogP contribution in [0.3, 0.4) is 0 Å². The average molecular weight is 413 g/mol. The van der Waals surface area contributed by atoms with Crippen LogP contribution in [0.1, 0.15) is 5.56 Å². The van der Waals surface area contributed by atoms with E-state index in [-0.39, 0.29) is 11.5 Å². The Morgan fingerprint density at radius 3 is 2.43 bits per heavy atom. The molecule has 11 heteroatoms. The second-order valence-corrected chi connectivity index (χ2v) is 6.25. The minimum Gasteiger partial charge on any atom is -0.382 e. The first-order valence-corrected chi connectivity index (χ1v) is 8.60. The molecule has 0 atom stereocenters. The van der Waals surface area contributed by atoms with E-state index in [1.165, 1.54) is 18.5 Å². The van der Waals surface area contributed by atoms with E-state index in [9.17, 15) is 18.0 Å². The Balaban J connectivity index is 1.47. The van der Waals surface area contributed by atoms with Crippen molar-refractivity contribution >= 4 is 34.4 Å². The van der Waals surface area contributed by atoms with Crippen LogP contribution >= 0.6 is 0 Å². The van der Waals surface area contributed by atoms with Crippen LogP contribution in [-0.4, -0.2) is 25.6 Å². The molecule has 0 aliphatic carbocycles. The van der Waals surface area contributed by atoms with Gasteiger partial charge in [-0.1, -0.05) is 6.07 Å². The fourth-order valence-corrected chi connectivity index (χ4v) is 2.81. The highest BCUT2D eigenvalue weighted by molar-refractivity contribution is 5.99. The lowest BCUT2D eigenvalue weighted by molar-refractivity contribution is -0.137. The largest absolute Gasteiger partial charge is 0.416 e. The number of benzene rings is 2. The van der Waals surface area contributed by atoms with Gasteiger partial charge in [-0.3, -0.25) is 4.57 Å². The summed E-state index contributed by atoms with van der Waals surface area (Å²) >= 11 is 0. The molecule has 0 bridgehead atoms. The molecule has 0 spiro atoms. The fourth-order valence-electron chi connectivity index (χ4n) is 2.81. The third-order valence-electron chi connectivity index (χ3n) is 4.21. The van der Waals surface area contributed by atoms with Gasteiger partial charge >= 0.3 is 12.2 Å². The predicted molar refractivity (Wildman–Crippen MR) is 105 cm³/mol. The van der Waals surface area contributed by atoms with Gasteiger partial charge in [0.05, 0.1) is 5.56 Å². The third kappa shape index (κ3) is 3.85. The maximum atomic E-state index is 12.8. The highest BCUT2D eigenvalue weighted by atomic mass is 19.4. The number of nitrogens with zero attached hydrogens (tertiary/aromatic N) is 4. The molecule has 152 valence electrons. The maximum Gasteiger partial charge on any atom is 0.416 e. The molecular weight excluding hydrogens is 399 g/mol. The highest BCUT2D eigenvalue weighted by Crippen LogP contribution is 2.30. The number of halogens is 3. The number of rotatable bonds is 3. The molecule has 0 saturated heterocycles. The zero-order valence-electron chi connectivity index (χ0n) is 15.2. The van der Waals surface area contributed by atoms with Gasteiger partial charge in [0.1, 0.15) is 12.7 Å². The third-order valence-corrected chi connectivity index (χ3v) is 4.21. The topological polar surface area (TPSA) is 111 Å². The molecule has 4 N–H and O–H groups in total. The smallest absolute Gasteiger partial charge is 0.382 e. The lowest BCUT2D eigenvalue weighted by Gasteiger charge is -2.11. The molecule has 8 nitrogen and oxygen atoms in total. The maximum absolute atomic E-state index is 12.8. The van der Waals surface area contributed by atoms with Crippen molar-refractivity contribution in [1.82, 2.24) is 19.5 Å². The lowest BCUT2D eigenvalue weighted by Crippen LogP contribution is -2.19. The highest BCUT2D eigenvalue weighted by Gasteiger charge is 2.30. The van der Waals surface area contributed by atoms with Crippen molar-refractivity contribution in [2.75, 3.05) is 16.4 Å². The fraction of sp³-hybridized carbons (Fsp3) is 0.0526. The number of anilines is 3. The van der Waals surface area contributed by atoms with Crippen molar-refractivity contribution in [2.45, 2.75) is 6.18 Å². The Kier molecular flexibility index (Phi) is 4.70. The summed E-state index contributed by atoms with van der Waals surface area (Å²) in [5.74, 6) is 0.267. The molecule has 0 aliphatic rings. The zero-order chi connectivity index (χ0) is 21.3. The molecule has 2 aromatic carbocycles. The van der Waals surface area contributed by atoms with E-state index < -0.39 is 17.8 Å². The molecule has 30 heavy (non-hydrogen) atoms. The molecule has 2 heterocycles. The molecular formula is C19H14F3N7O. The van der Waals surface area contributed by atoms with Gasteiger partial charge < -0.3 is 16.4 Å². The van der Waals surface area contributed by atoms with Crippen LogP contribution in [0.2, 0.25) is 0 Å². The van der Waals surface area contributed by atoms with Gasteiger partial charge in [-0.2, -0.15) is 13.2 Å². The van der Waals surface area contributed by atoms with E-state index in [2.05, 4.69) is 25.6 Å². The van der Waals surface area contributed by atoms with E-state index >= 15 is 0 Å². The monoisotopic (exact) mass is 413 g/mol. The van der Waals surface area contributed by atoms with E-state index in [0.29, 0.717) is 16.9 Å². The summed E-state index contributed by atoms with van der Waals surface area (Å²) in [6, 6.07) is 10.4. The van der Waals surface area contributed by atoms with Gasteiger partial charge in [0, 0.05) is 17.1 Å². The Bertz CT molecular complexity index is 1220. The number of urea groups is 1. The van der Waals surface area contributed by atoms with Gasteiger partial charge in [-0.15, -0.1) is 0 Å². The first-order chi connectivity index (χ1) is 14.3. The summed E-state index contributed by atoms with van der Waals surface area (Å²) in [6.07, 6.45) is -1.60. The van der Waals surface area contributed by atoms with Crippen LogP contribution < -0.4 is 16.4 Å². The first kappa shape index (κ1) is 19.2. The molecule has 4 rings (SSSR count). The predicted octanol–water partition coefficient (Wildman–Crippen LogP) is 4.06. The van der Waals surface area contributed by atoms with Gasteiger partial charge in [-0.05, 0) is 42.5 Å². The van der Waals surface area contributed by atoms with Gasteiger partial charge in [-0.25, -0.2) is 19.7 Å². The van der Waals surface area contributed by atoms with E-state index in [1.807, 2.05) is 0 Å². The molecule has 0 unspecified atom stereocenters. The summed E-state index contributed by atoms with van der Waals surface area (Å²) in [5.41, 5.74) is 7.14. The number of amides is 2. The quantitative estimate of drug-likeness (QED) is 0.469. The van der Waals surface area contributed by atoms with Crippen molar-refractivity contribution in [2.24, 2.45) is 0 Å². The van der Waals surface area contributed by atoms with Crippen LogP contribution in [0.15, 0.2) is 61.2 Å². The van der Waals surface area contributed by atoms with Crippen molar-refractivity contribution in [1.29, 1.82) is 0 Å². The minimum absolute atomic E-state index is 0.0288. The number of carbonyl (C=O) groups is 1. The normalized spacial score (nSPS) is 11.4. The summed E-state index contributed by atoms with van der Waals surface area (Å²) in [6.45, 7) is 0. The number of nitrogens with one attached hydrogen (secondary N) is 2. The van der Waals surface area contributed by atoms with Crippen LogP contribution in [0.4, 0.5) is 35.2 Å². The number of fused-ring (bicyclic) bond motifs is 1. The Morgan fingerprint density at radius 1 is 0.967 bits per heavy atom. The van der Waals surface area contributed by atoms with Gasteiger partial charge in [0.25, 0.3) is 0 Å². The molecule has 0 radical (unpaired) electrons. The van der Waals surface area contributed by atoms with Crippen molar-refractivity contribution in [3.05, 3.63) is 66.7 Å². The number of nitrogen functional groups attached to an aromatic ring is 1. The Morgan fingerprint density at radius 2 is 1.70 bits per heavy atom. The standard InChI is InChI=1S/C19H14F3N7O/c20-19(21,22)11-2-1-3-13(8-11)28-18(30)27-12-4-6-14(7-5-12)29-10-26-15-16(23)24-9-25-17(15)29/h1-10H,(H2,23,24,25)(H2,27,28,30). The van der Waals surface area contributed by atoms with Crippen LogP contribution in [0.5, 0.6) is 0 Å². The summed E-state index contributed by atoms with van der Waals surface area (Å²) in [5, 5.41) is 4.94. The summed E-state index contributed by atoms with van der Waals surface area (Å²) in [4.78, 5) is 24.4. The summed E-state index contributed by atoms with van der Waals surface area (Å²) < 4.78 is 40.0. The SMILES string of the molecule is Nc1ncnc2c1ncn2-c1ccc(NC(=O)Nc2cccc(C(F)(F)F)c2)cc1. The van der Waals surface area contributed by atoms with Gasteiger partial charge in [0.15, 0.2) is 17.0 Å². The van der Waals surface area contributed by atoms with E-state index in [1.54, 1.807) is 35.2 Å². The van der Waals surface area contributed by atoms with Crippen molar-refractivity contribution in [3.8, 4) is 5.69 Å². The first-order valence-electron chi connectivity index (χ1n) is 8.60. The van der Waals surface area contributed by atoms with E-state index in [0.717, 1.165) is 17.8 Å². The second-order valence-electron chi connectivity index (χ2n) is 6.25. The number of imidazole rings is 1. The number of hydrogen-bond donors (Lipinski definition) is 3. The van der Waals surface area contributed by atoms with Gasteiger partial charge in [0.2, 0.25) is 0 Å². The minimum atomic E-state index is -4.49. The molecule has 0 saturated carbocycles. The number of hydrogen-bond acceptors (Lipinski definition) is 5. The Hall–Kier alpha value is -4.15. The molecule has 0 fully saturated rings. The van der Waals surface area contributed by atoms with Crippen LogP contribution in [0.25, 0.3) is 16.9 Å².